The molecule has 0 radical (unpaired) electrons. The van der Waals surface area contributed by atoms with Crippen molar-refractivity contribution in [3.8, 4) is 11.8 Å². The number of likely N-dealkylation sites (tertiary alicyclic amines) is 1. The molecular formula is C33H30N4O4S. The Labute approximate surface area is 245 Å². The molecule has 4 aromatic rings. The van der Waals surface area contributed by atoms with Gasteiger partial charge >= 0.3 is 6.03 Å². The maximum absolute atomic E-state index is 13.6. The number of carbonyl (C=O) groups is 2. The van der Waals surface area contributed by atoms with Crippen molar-refractivity contribution in [1.29, 1.82) is 0 Å². The van der Waals surface area contributed by atoms with Crippen LogP contribution in [0.4, 0.5) is 21.9 Å². The van der Waals surface area contributed by atoms with Gasteiger partial charge in [-0.05, 0) is 73.9 Å². The predicted octanol–water partition coefficient (Wildman–Crippen LogP) is 5.97. The molecule has 3 amide bonds. The molecule has 1 fully saturated rings. The SMILES string of the molecule is O=C(Nc1ccccc1S(=O)(=O)NC(=O)N1CCCCC1)c1ccc(C#Cc2ccccc2)cc1Nc1ccccc1. The largest absolute Gasteiger partial charge is 0.355 e. The second-order valence-corrected chi connectivity index (χ2v) is 11.4. The molecule has 0 aliphatic carbocycles. The first-order valence-electron chi connectivity index (χ1n) is 13.6. The number of nitrogens with one attached hydrogen (secondary N) is 3. The van der Waals surface area contributed by atoms with Gasteiger partial charge in [-0.2, -0.15) is 0 Å². The van der Waals surface area contributed by atoms with Crippen molar-refractivity contribution < 1.29 is 18.0 Å². The summed E-state index contributed by atoms with van der Waals surface area (Å²) in [6.07, 6.45) is 2.67. The van der Waals surface area contributed by atoms with Crippen molar-refractivity contribution in [2.45, 2.75) is 24.2 Å². The van der Waals surface area contributed by atoms with Crippen LogP contribution in [0.25, 0.3) is 0 Å². The second kappa shape index (κ2) is 13.1. The van der Waals surface area contributed by atoms with E-state index in [9.17, 15) is 18.0 Å². The second-order valence-electron chi connectivity index (χ2n) is 9.78. The first kappa shape index (κ1) is 28.5. The summed E-state index contributed by atoms with van der Waals surface area (Å²) in [5.41, 5.74) is 3.16. The number of amides is 3. The monoisotopic (exact) mass is 578 g/mol. The number of piperidine rings is 1. The van der Waals surface area contributed by atoms with Crippen LogP contribution >= 0.6 is 0 Å². The Hall–Kier alpha value is -5.07. The van der Waals surface area contributed by atoms with Gasteiger partial charge in [0.05, 0.1) is 16.9 Å². The molecule has 3 N–H and O–H groups in total. The van der Waals surface area contributed by atoms with E-state index in [0.29, 0.717) is 24.3 Å². The zero-order valence-corrected chi connectivity index (χ0v) is 23.7. The number of benzene rings is 4. The Balaban J connectivity index is 1.42. The number of anilines is 3. The van der Waals surface area contributed by atoms with Gasteiger partial charge < -0.3 is 15.5 Å². The molecule has 0 atom stereocenters. The third-order valence-corrected chi connectivity index (χ3v) is 8.11. The minimum atomic E-state index is -4.26. The van der Waals surface area contributed by atoms with Crippen molar-refractivity contribution in [3.63, 3.8) is 0 Å². The number of nitrogens with zero attached hydrogens (tertiary/aromatic N) is 1. The Morgan fingerprint density at radius 1 is 0.690 bits per heavy atom. The molecule has 42 heavy (non-hydrogen) atoms. The van der Waals surface area contributed by atoms with Crippen LogP contribution in [0.5, 0.6) is 0 Å². The lowest BCUT2D eigenvalue weighted by molar-refractivity contribution is 0.102. The average Bonchev–Trinajstić information content (AvgIpc) is 3.01. The van der Waals surface area contributed by atoms with Crippen LogP contribution < -0.4 is 15.4 Å². The molecular weight excluding hydrogens is 548 g/mol. The lowest BCUT2D eigenvalue weighted by Gasteiger charge is -2.26. The summed E-state index contributed by atoms with van der Waals surface area (Å²) in [7, 11) is -4.26. The zero-order chi connectivity index (χ0) is 29.4. The Kier molecular flexibility index (Phi) is 8.85. The van der Waals surface area contributed by atoms with E-state index < -0.39 is 22.0 Å². The summed E-state index contributed by atoms with van der Waals surface area (Å²) in [6.45, 7) is 1.01. The molecule has 4 aromatic carbocycles. The van der Waals surface area contributed by atoms with E-state index in [0.717, 1.165) is 30.5 Å². The summed E-state index contributed by atoms with van der Waals surface area (Å²) < 4.78 is 28.6. The fourth-order valence-electron chi connectivity index (χ4n) is 4.59. The minimum absolute atomic E-state index is 0.0556. The van der Waals surface area contributed by atoms with E-state index in [1.54, 1.807) is 24.3 Å². The molecule has 8 nitrogen and oxygen atoms in total. The van der Waals surface area contributed by atoms with E-state index in [-0.39, 0.29) is 16.1 Å². The summed E-state index contributed by atoms with van der Waals surface area (Å²) in [5, 5.41) is 6.01. The molecule has 0 aromatic heterocycles. The maximum atomic E-state index is 13.6. The van der Waals surface area contributed by atoms with Gasteiger partial charge in [0.1, 0.15) is 4.90 Å². The van der Waals surface area contributed by atoms with Crippen LogP contribution in [-0.2, 0) is 10.0 Å². The number of carbonyl (C=O) groups excluding carboxylic acids is 2. The molecule has 5 rings (SSSR count). The first-order chi connectivity index (χ1) is 20.4. The van der Waals surface area contributed by atoms with Crippen molar-refractivity contribution in [2.24, 2.45) is 0 Å². The van der Waals surface area contributed by atoms with Gasteiger partial charge in [0.2, 0.25) is 0 Å². The van der Waals surface area contributed by atoms with E-state index in [1.165, 1.54) is 23.1 Å². The number of hydrogen-bond acceptors (Lipinski definition) is 5. The van der Waals surface area contributed by atoms with Crippen molar-refractivity contribution in [3.05, 3.63) is 120 Å². The quantitative estimate of drug-likeness (QED) is 0.245. The smallest absolute Gasteiger partial charge is 0.331 e. The highest BCUT2D eigenvalue weighted by Crippen LogP contribution is 2.26. The maximum Gasteiger partial charge on any atom is 0.331 e. The lowest BCUT2D eigenvalue weighted by atomic mass is 10.1. The molecule has 0 saturated carbocycles. The Bertz CT molecular complexity index is 1740. The van der Waals surface area contributed by atoms with Crippen molar-refractivity contribution in [2.75, 3.05) is 23.7 Å². The molecule has 1 aliphatic rings. The summed E-state index contributed by atoms with van der Waals surface area (Å²) >= 11 is 0. The molecule has 212 valence electrons. The lowest BCUT2D eigenvalue weighted by Crippen LogP contribution is -2.45. The van der Waals surface area contributed by atoms with Gasteiger partial charge in [0.15, 0.2) is 0 Å². The number of rotatable bonds is 6. The zero-order valence-electron chi connectivity index (χ0n) is 22.8. The Morgan fingerprint density at radius 2 is 1.33 bits per heavy atom. The highest BCUT2D eigenvalue weighted by atomic mass is 32.2. The van der Waals surface area contributed by atoms with Crippen LogP contribution in [-0.4, -0.2) is 38.3 Å². The van der Waals surface area contributed by atoms with Crippen molar-refractivity contribution in [1.82, 2.24) is 9.62 Å². The third-order valence-electron chi connectivity index (χ3n) is 6.73. The van der Waals surface area contributed by atoms with Crippen LogP contribution in [0, 0.1) is 11.8 Å². The fourth-order valence-corrected chi connectivity index (χ4v) is 5.73. The summed E-state index contributed by atoms with van der Waals surface area (Å²) in [5.74, 6) is 5.73. The van der Waals surface area contributed by atoms with E-state index in [1.807, 2.05) is 60.7 Å². The highest BCUT2D eigenvalue weighted by Gasteiger charge is 2.26. The summed E-state index contributed by atoms with van der Waals surface area (Å²) in [4.78, 5) is 27.5. The van der Waals surface area contributed by atoms with Gasteiger partial charge in [-0.3, -0.25) is 4.79 Å². The van der Waals surface area contributed by atoms with Crippen LogP contribution in [0.2, 0.25) is 0 Å². The van der Waals surface area contributed by atoms with E-state index in [4.69, 9.17) is 0 Å². The molecule has 0 bridgehead atoms. The summed E-state index contributed by atoms with van der Waals surface area (Å²) in [6, 6.07) is 29.5. The number of hydrogen-bond donors (Lipinski definition) is 3. The van der Waals surface area contributed by atoms with Gasteiger partial charge in [-0.15, -0.1) is 0 Å². The van der Waals surface area contributed by atoms with Gasteiger partial charge in [0.25, 0.3) is 15.9 Å². The van der Waals surface area contributed by atoms with Crippen molar-refractivity contribution >= 4 is 39.0 Å². The normalized spacial score (nSPS) is 12.9. The number of para-hydroxylation sites is 2. The molecule has 1 heterocycles. The molecule has 9 heteroatoms. The van der Waals surface area contributed by atoms with Gasteiger partial charge in [0, 0.05) is 29.9 Å². The fraction of sp³-hybridized carbons (Fsp3) is 0.152. The standard InChI is InChI=1S/C33H30N4O4S/c38-32(35-29-16-8-9-17-31(29)42(40,41)36-33(39)37-22-10-3-11-23-37)28-21-20-26(19-18-25-12-4-1-5-13-25)24-30(28)34-27-14-6-2-7-15-27/h1-2,4-9,12-17,20-21,24,34H,3,10-11,22-23H2,(H,35,38)(H,36,39). The highest BCUT2D eigenvalue weighted by molar-refractivity contribution is 7.90. The topological polar surface area (TPSA) is 108 Å². The van der Waals surface area contributed by atoms with E-state index >= 15 is 0 Å². The van der Waals surface area contributed by atoms with Crippen LogP contribution in [0.1, 0.15) is 40.7 Å². The van der Waals surface area contributed by atoms with Gasteiger partial charge in [-0.1, -0.05) is 60.4 Å². The first-order valence-corrected chi connectivity index (χ1v) is 15.1. The Morgan fingerprint density at radius 3 is 2.07 bits per heavy atom. The predicted molar refractivity (Wildman–Crippen MR) is 164 cm³/mol. The minimum Gasteiger partial charge on any atom is -0.355 e. The average molecular weight is 579 g/mol. The van der Waals surface area contributed by atoms with E-state index in [2.05, 4.69) is 27.2 Å². The molecule has 0 spiro atoms. The molecule has 1 aliphatic heterocycles. The van der Waals surface area contributed by atoms with Gasteiger partial charge in [-0.25, -0.2) is 17.9 Å². The van der Waals surface area contributed by atoms with Crippen LogP contribution in [0.15, 0.2) is 108 Å². The third kappa shape index (κ3) is 7.16. The molecule has 0 unspecified atom stereocenters. The number of sulfonamides is 1. The van der Waals surface area contributed by atoms with Crippen LogP contribution in [0.3, 0.4) is 0 Å². The molecule has 1 saturated heterocycles. The number of urea groups is 1.